The normalized spacial score (nSPS) is 33.6. The van der Waals surface area contributed by atoms with Gasteiger partial charge in [-0.2, -0.15) is 0 Å². The zero-order chi connectivity index (χ0) is 14.2. The summed E-state index contributed by atoms with van der Waals surface area (Å²) in [6.45, 7) is 2.94. The lowest BCUT2D eigenvalue weighted by Crippen LogP contribution is -2.43. The molecule has 2 heterocycles. The second-order valence-corrected chi connectivity index (χ2v) is 6.79. The first-order valence-corrected chi connectivity index (χ1v) is 7.83. The standard InChI is InChI=1S/C15H24N2O3/c18-13-9-15(5-7-16-8-6-15)10-17(13)12-3-1-11(2-4-12)14(19)20/h11-12,16H,1-10H2,(H,19,20). The van der Waals surface area contributed by atoms with Gasteiger partial charge in [0.25, 0.3) is 0 Å². The van der Waals surface area contributed by atoms with Crippen LogP contribution in [0.2, 0.25) is 0 Å². The van der Waals surface area contributed by atoms with E-state index in [1.54, 1.807) is 0 Å². The summed E-state index contributed by atoms with van der Waals surface area (Å²) in [6.07, 6.45) is 6.05. The molecule has 5 nitrogen and oxygen atoms in total. The Morgan fingerprint density at radius 3 is 2.45 bits per heavy atom. The number of nitrogens with zero attached hydrogens (tertiary/aromatic N) is 1. The van der Waals surface area contributed by atoms with Crippen LogP contribution in [0.4, 0.5) is 0 Å². The monoisotopic (exact) mass is 280 g/mol. The molecule has 0 radical (unpaired) electrons. The summed E-state index contributed by atoms with van der Waals surface area (Å²) in [6, 6.07) is 0.285. The van der Waals surface area contributed by atoms with Crippen molar-refractivity contribution in [2.24, 2.45) is 11.3 Å². The highest BCUT2D eigenvalue weighted by Gasteiger charge is 2.46. The summed E-state index contributed by atoms with van der Waals surface area (Å²) in [5.74, 6) is -0.575. The van der Waals surface area contributed by atoms with Crippen molar-refractivity contribution in [3.05, 3.63) is 0 Å². The highest BCUT2D eigenvalue weighted by molar-refractivity contribution is 5.80. The molecule has 5 heteroatoms. The van der Waals surface area contributed by atoms with Gasteiger partial charge < -0.3 is 15.3 Å². The number of carboxylic acid groups (broad SMARTS) is 1. The number of carbonyl (C=O) groups excluding carboxylic acids is 1. The van der Waals surface area contributed by atoms with Crippen LogP contribution in [0.3, 0.4) is 0 Å². The predicted molar refractivity (Wildman–Crippen MR) is 74.2 cm³/mol. The lowest BCUT2D eigenvalue weighted by atomic mass is 9.78. The number of rotatable bonds is 2. The molecule has 0 unspecified atom stereocenters. The molecule has 0 atom stereocenters. The summed E-state index contributed by atoms with van der Waals surface area (Å²) in [7, 11) is 0. The molecule has 2 aliphatic heterocycles. The van der Waals surface area contributed by atoms with Gasteiger partial charge in [0.2, 0.25) is 5.91 Å². The molecule has 2 saturated heterocycles. The Hall–Kier alpha value is -1.10. The minimum absolute atomic E-state index is 0.197. The highest BCUT2D eigenvalue weighted by Crippen LogP contribution is 2.42. The number of aliphatic carboxylic acids is 1. The van der Waals surface area contributed by atoms with Crippen LogP contribution < -0.4 is 5.32 Å². The summed E-state index contributed by atoms with van der Waals surface area (Å²) in [4.78, 5) is 25.4. The maximum Gasteiger partial charge on any atom is 0.306 e. The smallest absolute Gasteiger partial charge is 0.306 e. The molecule has 112 valence electrons. The van der Waals surface area contributed by atoms with Gasteiger partial charge in [0.05, 0.1) is 5.92 Å². The third-order valence-electron chi connectivity index (χ3n) is 5.50. The van der Waals surface area contributed by atoms with Gasteiger partial charge in [-0.1, -0.05) is 0 Å². The van der Waals surface area contributed by atoms with Crippen LogP contribution in [-0.4, -0.2) is 47.6 Å². The molecule has 0 bridgehead atoms. The summed E-state index contributed by atoms with van der Waals surface area (Å²) < 4.78 is 0. The number of piperidine rings is 1. The quantitative estimate of drug-likeness (QED) is 0.798. The van der Waals surface area contributed by atoms with Crippen LogP contribution >= 0.6 is 0 Å². The van der Waals surface area contributed by atoms with Crippen LogP contribution in [0.1, 0.15) is 44.9 Å². The molecule has 3 fully saturated rings. The van der Waals surface area contributed by atoms with E-state index in [9.17, 15) is 9.59 Å². The Morgan fingerprint density at radius 1 is 1.20 bits per heavy atom. The minimum Gasteiger partial charge on any atom is -0.481 e. The SMILES string of the molecule is O=C(O)C1CCC(N2CC3(CCNCC3)CC2=O)CC1. The Labute approximate surface area is 119 Å². The van der Waals surface area contributed by atoms with E-state index in [-0.39, 0.29) is 17.4 Å². The molecule has 2 N–H and O–H groups in total. The minimum atomic E-state index is -0.675. The maximum absolute atomic E-state index is 12.4. The Balaban J connectivity index is 1.61. The van der Waals surface area contributed by atoms with Gasteiger partial charge in [-0.15, -0.1) is 0 Å². The third kappa shape index (κ3) is 2.55. The van der Waals surface area contributed by atoms with Crippen LogP contribution in [0, 0.1) is 11.3 Å². The zero-order valence-corrected chi connectivity index (χ0v) is 11.9. The lowest BCUT2D eigenvalue weighted by Gasteiger charge is -2.37. The van der Waals surface area contributed by atoms with Crippen molar-refractivity contribution in [1.29, 1.82) is 0 Å². The molecule has 0 aromatic rings. The number of hydrogen-bond donors (Lipinski definition) is 2. The van der Waals surface area contributed by atoms with Crippen LogP contribution in [0.15, 0.2) is 0 Å². The van der Waals surface area contributed by atoms with Gasteiger partial charge in [-0.3, -0.25) is 9.59 Å². The second-order valence-electron chi connectivity index (χ2n) is 6.79. The van der Waals surface area contributed by atoms with Gasteiger partial charge in [0.15, 0.2) is 0 Å². The fourth-order valence-corrected chi connectivity index (χ4v) is 4.19. The molecule has 1 saturated carbocycles. The maximum atomic E-state index is 12.4. The van der Waals surface area contributed by atoms with E-state index in [1.165, 1.54) is 0 Å². The third-order valence-corrected chi connectivity index (χ3v) is 5.50. The molecule has 20 heavy (non-hydrogen) atoms. The van der Waals surface area contributed by atoms with Crippen molar-refractivity contribution in [1.82, 2.24) is 10.2 Å². The second kappa shape index (κ2) is 5.35. The first kappa shape index (κ1) is 13.9. The highest BCUT2D eigenvalue weighted by atomic mass is 16.4. The predicted octanol–water partition coefficient (Wildman–Crippen LogP) is 1.23. The van der Waals surface area contributed by atoms with Crippen LogP contribution in [0.5, 0.6) is 0 Å². The van der Waals surface area contributed by atoms with E-state index < -0.39 is 5.97 Å². The molecule has 1 spiro atoms. The number of carboxylic acids is 1. The van der Waals surface area contributed by atoms with E-state index in [0.29, 0.717) is 12.3 Å². The number of likely N-dealkylation sites (tertiary alicyclic amines) is 1. The van der Waals surface area contributed by atoms with E-state index in [4.69, 9.17) is 5.11 Å². The number of carbonyl (C=O) groups is 2. The topological polar surface area (TPSA) is 69.6 Å². The number of nitrogens with one attached hydrogen (secondary N) is 1. The van der Waals surface area contributed by atoms with E-state index >= 15 is 0 Å². The van der Waals surface area contributed by atoms with Crippen LogP contribution in [-0.2, 0) is 9.59 Å². The average molecular weight is 280 g/mol. The summed E-state index contributed by atoms with van der Waals surface area (Å²) in [5.41, 5.74) is 0.200. The fourth-order valence-electron chi connectivity index (χ4n) is 4.19. The Morgan fingerprint density at radius 2 is 1.85 bits per heavy atom. The lowest BCUT2D eigenvalue weighted by molar-refractivity contribution is -0.143. The van der Waals surface area contributed by atoms with Gasteiger partial charge >= 0.3 is 5.97 Å². The Bertz CT molecular complexity index is 396. The zero-order valence-electron chi connectivity index (χ0n) is 11.9. The van der Waals surface area contributed by atoms with Crippen molar-refractivity contribution in [3.63, 3.8) is 0 Å². The van der Waals surface area contributed by atoms with Gasteiger partial charge in [-0.05, 0) is 57.0 Å². The first-order chi connectivity index (χ1) is 9.60. The fraction of sp³-hybridized carbons (Fsp3) is 0.867. The van der Waals surface area contributed by atoms with E-state index in [1.807, 2.05) is 0 Å². The van der Waals surface area contributed by atoms with E-state index in [2.05, 4.69) is 10.2 Å². The average Bonchev–Trinajstić information content (AvgIpc) is 2.76. The van der Waals surface area contributed by atoms with Crippen molar-refractivity contribution in [2.75, 3.05) is 19.6 Å². The van der Waals surface area contributed by atoms with Crippen molar-refractivity contribution in [2.45, 2.75) is 51.0 Å². The van der Waals surface area contributed by atoms with Crippen molar-refractivity contribution < 1.29 is 14.7 Å². The molecule has 1 aliphatic carbocycles. The van der Waals surface area contributed by atoms with Gasteiger partial charge in [-0.25, -0.2) is 0 Å². The Kier molecular flexibility index (Phi) is 3.71. The summed E-state index contributed by atoms with van der Waals surface area (Å²) in [5, 5.41) is 12.4. The molecule has 0 aromatic carbocycles. The van der Waals surface area contributed by atoms with Gasteiger partial charge in [0.1, 0.15) is 0 Å². The van der Waals surface area contributed by atoms with Crippen molar-refractivity contribution >= 4 is 11.9 Å². The summed E-state index contributed by atoms with van der Waals surface area (Å²) >= 11 is 0. The van der Waals surface area contributed by atoms with Crippen LogP contribution in [0.25, 0.3) is 0 Å². The first-order valence-electron chi connectivity index (χ1n) is 7.83. The van der Waals surface area contributed by atoms with Gasteiger partial charge in [0, 0.05) is 19.0 Å². The number of amides is 1. The molecule has 1 amide bonds. The molecular weight excluding hydrogens is 256 g/mol. The largest absolute Gasteiger partial charge is 0.481 e. The van der Waals surface area contributed by atoms with E-state index in [0.717, 1.165) is 58.2 Å². The van der Waals surface area contributed by atoms with Crippen molar-refractivity contribution in [3.8, 4) is 0 Å². The molecule has 3 rings (SSSR count). The molecular formula is C15H24N2O3. The number of hydrogen-bond acceptors (Lipinski definition) is 3. The molecule has 0 aromatic heterocycles. The molecule has 3 aliphatic rings.